The number of allylic oxidation sites excluding steroid dienone is 9. The highest BCUT2D eigenvalue weighted by atomic mass is 16.5. The molecule has 1 N–H and O–H groups in total. The fourth-order valence-electron chi connectivity index (χ4n) is 4.61. The second-order valence-corrected chi connectivity index (χ2v) is 10.2. The molecule has 1 amide bonds. The van der Waals surface area contributed by atoms with Crippen molar-refractivity contribution in [1.29, 1.82) is 0 Å². The van der Waals surface area contributed by atoms with Gasteiger partial charge in [-0.05, 0) is 62.3 Å². The van der Waals surface area contributed by atoms with Gasteiger partial charge in [-0.2, -0.15) is 0 Å². The number of anilines is 1. The van der Waals surface area contributed by atoms with E-state index in [1.807, 2.05) is 55.5 Å². The highest BCUT2D eigenvalue weighted by molar-refractivity contribution is 5.99. The molecule has 1 atom stereocenters. The summed E-state index contributed by atoms with van der Waals surface area (Å²) < 4.78 is 4.73. The maximum atomic E-state index is 12.2. The molecular formula is C32H37N3O3. The van der Waals surface area contributed by atoms with Crippen molar-refractivity contribution in [2.45, 2.75) is 53.4 Å². The zero-order valence-corrected chi connectivity index (χ0v) is 23.1. The van der Waals surface area contributed by atoms with Crippen LogP contribution < -0.4 is 5.32 Å². The number of carbonyl (C=O) groups is 2. The quantitative estimate of drug-likeness (QED) is 0.232. The van der Waals surface area contributed by atoms with Gasteiger partial charge in [-0.15, -0.1) is 0 Å². The van der Waals surface area contributed by atoms with E-state index in [1.165, 1.54) is 24.5 Å². The molecule has 0 saturated heterocycles. The molecule has 1 aromatic carbocycles. The molecule has 1 aliphatic carbocycles. The molecule has 0 spiro atoms. The number of carbonyl (C=O) groups excluding carboxylic acids is 2. The lowest BCUT2D eigenvalue weighted by Crippen LogP contribution is -2.24. The van der Waals surface area contributed by atoms with Crippen molar-refractivity contribution in [3.05, 3.63) is 113 Å². The first-order chi connectivity index (χ1) is 18.1. The smallest absolute Gasteiger partial charge is 0.358 e. The van der Waals surface area contributed by atoms with Gasteiger partial charge in [0.2, 0.25) is 5.91 Å². The number of aromatic nitrogens is 2. The molecule has 38 heavy (non-hydrogen) atoms. The molecule has 2 aromatic rings. The molecule has 198 valence electrons. The number of nitrogens with one attached hydrogen (secondary N) is 1. The third-order valence-corrected chi connectivity index (χ3v) is 6.79. The zero-order valence-electron chi connectivity index (χ0n) is 23.1. The Morgan fingerprint density at radius 2 is 1.79 bits per heavy atom. The minimum Gasteiger partial charge on any atom is -0.464 e. The lowest BCUT2D eigenvalue weighted by molar-refractivity contribution is -0.111. The first-order valence-electron chi connectivity index (χ1n) is 12.8. The van der Waals surface area contributed by atoms with Crippen LogP contribution in [0, 0.1) is 5.41 Å². The Labute approximate surface area is 225 Å². The molecule has 3 rings (SSSR count). The normalized spacial score (nSPS) is 18.2. The Hall–Kier alpha value is -4.06. The number of hydrogen-bond donors (Lipinski definition) is 1. The van der Waals surface area contributed by atoms with Crippen molar-refractivity contribution in [1.82, 2.24) is 9.97 Å². The molecule has 1 aliphatic rings. The fourth-order valence-corrected chi connectivity index (χ4v) is 4.61. The molecule has 0 radical (unpaired) electrons. The maximum absolute atomic E-state index is 12.2. The van der Waals surface area contributed by atoms with E-state index in [4.69, 9.17) is 4.74 Å². The molecule has 6 nitrogen and oxygen atoms in total. The van der Waals surface area contributed by atoms with Gasteiger partial charge >= 0.3 is 5.97 Å². The van der Waals surface area contributed by atoms with E-state index >= 15 is 0 Å². The molecule has 1 unspecified atom stereocenters. The fraction of sp³-hybridized carbons (Fsp3) is 0.312. The molecule has 6 heteroatoms. The molecule has 1 aromatic heterocycles. The summed E-state index contributed by atoms with van der Waals surface area (Å²) in [4.78, 5) is 32.7. The van der Waals surface area contributed by atoms with Crippen molar-refractivity contribution in [2.75, 3.05) is 12.4 Å². The summed E-state index contributed by atoms with van der Waals surface area (Å²) in [5.41, 5.74) is 6.41. The van der Waals surface area contributed by atoms with E-state index in [9.17, 15) is 9.59 Å². The summed E-state index contributed by atoms with van der Waals surface area (Å²) in [5, 5.41) is 2.86. The van der Waals surface area contributed by atoms with E-state index in [1.54, 1.807) is 12.3 Å². The van der Waals surface area contributed by atoms with E-state index in [0.29, 0.717) is 0 Å². The predicted molar refractivity (Wildman–Crippen MR) is 153 cm³/mol. The van der Waals surface area contributed by atoms with E-state index < -0.39 is 5.97 Å². The summed E-state index contributed by atoms with van der Waals surface area (Å²) in [6.07, 6.45) is 17.0. The van der Waals surface area contributed by atoms with E-state index in [-0.39, 0.29) is 22.9 Å². The third kappa shape index (κ3) is 7.72. The third-order valence-electron chi connectivity index (χ3n) is 6.79. The summed E-state index contributed by atoms with van der Waals surface area (Å²) >= 11 is 0. The van der Waals surface area contributed by atoms with Gasteiger partial charge in [0.25, 0.3) is 0 Å². The lowest BCUT2D eigenvalue weighted by Gasteiger charge is -2.37. The van der Waals surface area contributed by atoms with Gasteiger partial charge in [0.1, 0.15) is 0 Å². The number of rotatable bonds is 8. The van der Waals surface area contributed by atoms with Crippen LogP contribution in [0.3, 0.4) is 0 Å². The van der Waals surface area contributed by atoms with Crippen molar-refractivity contribution in [3.63, 3.8) is 0 Å². The van der Waals surface area contributed by atoms with Crippen LogP contribution in [-0.2, 0) is 9.53 Å². The van der Waals surface area contributed by atoms with Crippen LogP contribution in [0.25, 0.3) is 0 Å². The summed E-state index contributed by atoms with van der Waals surface area (Å²) in [6.45, 7) is 10.7. The Kier molecular flexibility index (Phi) is 9.72. The predicted octanol–water partition coefficient (Wildman–Crippen LogP) is 7.13. The van der Waals surface area contributed by atoms with Gasteiger partial charge in [-0.3, -0.25) is 9.78 Å². The van der Waals surface area contributed by atoms with Gasteiger partial charge in [-0.1, -0.05) is 73.6 Å². The first kappa shape index (κ1) is 28.5. The van der Waals surface area contributed by atoms with Crippen LogP contribution in [-0.4, -0.2) is 29.0 Å². The van der Waals surface area contributed by atoms with Gasteiger partial charge < -0.3 is 10.1 Å². The van der Waals surface area contributed by atoms with Crippen LogP contribution in [0.4, 0.5) is 5.69 Å². The number of para-hydroxylation sites is 1. The first-order valence-corrected chi connectivity index (χ1v) is 12.8. The van der Waals surface area contributed by atoms with Gasteiger partial charge in [0.05, 0.1) is 25.2 Å². The van der Waals surface area contributed by atoms with Crippen LogP contribution in [0.15, 0.2) is 101 Å². The molecule has 0 fully saturated rings. The van der Waals surface area contributed by atoms with Gasteiger partial charge in [-0.25, -0.2) is 9.78 Å². The van der Waals surface area contributed by atoms with Crippen molar-refractivity contribution < 1.29 is 14.3 Å². The standard InChI is InChI=1S/C32H37N3O3/c1-22(11-10-12-23(2)19-30(36)35-25-13-8-7-9-14-25)15-16-27-24(3)26(17-18-32(27,4)5)28-20-34-29(21-33-28)31(37)38-6/h7-16,19-21,26H,17-18H2,1-6H3,(H,35,36)/b12-10+,16-15+,22-11+,23-19-. The maximum Gasteiger partial charge on any atom is 0.358 e. The second-order valence-electron chi connectivity index (χ2n) is 10.2. The average Bonchev–Trinajstić information content (AvgIpc) is 2.88. The van der Waals surface area contributed by atoms with Crippen LogP contribution in [0.5, 0.6) is 0 Å². The topological polar surface area (TPSA) is 81.2 Å². The molecule has 0 aliphatic heterocycles. The molecular weight excluding hydrogens is 474 g/mol. The number of ether oxygens (including phenoxy) is 1. The highest BCUT2D eigenvalue weighted by Gasteiger charge is 2.33. The Morgan fingerprint density at radius 1 is 1.05 bits per heavy atom. The Bertz CT molecular complexity index is 1300. The molecule has 0 bridgehead atoms. The minimum atomic E-state index is -0.484. The Morgan fingerprint density at radius 3 is 2.45 bits per heavy atom. The van der Waals surface area contributed by atoms with Crippen molar-refractivity contribution in [3.8, 4) is 0 Å². The van der Waals surface area contributed by atoms with Crippen LogP contribution in [0.1, 0.15) is 69.6 Å². The summed E-state index contributed by atoms with van der Waals surface area (Å²) in [5.74, 6) is -0.483. The van der Waals surface area contributed by atoms with Crippen molar-refractivity contribution in [2.24, 2.45) is 5.41 Å². The number of esters is 1. The number of methoxy groups -OCH3 is 1. The van der Waals surface area contributed by atoms with E-state index in [0.717, 1.165) is 35.4 Å². The van der Waals surface area contributed by atoms with Crippen molar-refractivity contribution >= 4 is 17.6 Å². The SMILES string of the molecule is COC(=O)c1cnc(C2CCC(C)(C)C(/C=C/C(C)=C/C=C/C(C)=C\C(=O)Nc3ccccc3)=C2C)cn1. The highest BCUT2D eigenvalue weighted by Crippen LogP contribution is 2.46. The van der Waals surface area contributed by atoms with Crippen LogP contribution >= 0.6 is 0 Å². The second kappa shape index (κ2) is 13.0. The van der Waals surface area contributed by atoms with Gasteiger partial charge in [0, 0.05) is 17.7 Å². The molecule has 0 saturated carbocycles. The Balaban J connectivity index is 1.71. The number of benzene rings is 1. The van der Waals surface area contributed by atoms with E-state index in [2.05, 4.69) is 55.1 Å². The zero-order chi connectivity index (χ0) is 27.7. The summed E-state index contributed by atoms with van der Waals surface area (Å²) in [7, 11) is 1.34. The minimum absolute atomic E-state index is 0.0397. The summed E-state index contributed by atoms with van der Waals surface area (Å²) in [6, 6.07) is 9.40. The largest absolute Gasteiger partial charge is 0.464 e. The number of nitrogens with zero attached hydrogens (tertiary/aromatic N) is 2. The van der Waals surface area contributed by atoms with Crippen LogP contribution in [0.2, 0.25) is 0 Å². The molecule has 1 heterocycles. The lowest BCUT2D eigenvalue weighted by atomic mass is 9.68. The van der Waals surface area contributed by atoms with Gasteiger partial charge in [0.15, 0.2) is 5.69 Å². The monoisotopic (exact) mass is 511 g/mol. The average molecular weight is 512 g/mol. The number of hydrogen-bond acceptors (Lipinski definition) is 5. The number of amides is 1.